The van der Waals surface area contributed by atoms with Crippen molar-refractivity contribution < 1.29 is 31.1 Å². The number of amides is 1. The van der Waals surface area contributed by atoms with E-state index >= 15 is 0 Å². The van der Waals surface area contributed by atoms with Gasteiger partial charge in [-0.25, -0.2) is 4.98 Å². The van der Waals surface area contributed by atoms with Gasteiger partial charge in [-0.05, 0) is 72.7 Å². The Morgan fingerprint density at radius 3 is 2.12 bits per heavy atom. The third kappa shape index (κ3) is 6.18. The summed E-state index contributed by atoms with van der Waals surface area (Å²) >= 11 is 0. The highest BCUT2D eigenvalue weighted by Gasteiger charge is 2.32. The fraction of sp³-hybridized carbons (Fsp3) is 0.333. The Kier molecular flexibility index (Phi) is 7.72. The SMILES string of the molecule is CCc1nc2cc(C(F)(F)F)ccn2c1C(=O)NCc1ccc(N2CCC(c3ccc(C(F)(F)F)cc3)CC2)cc1. The number of aromatic nitrogens is 2. The molecule has 5 rings (SSSR count). The van der Waals surface area contributed by atoms with Crippen LogP contribution in [0.2, 0.25) is 0 Å². The summed E-state index contributed by atoms with van der Waals surface area (Å²) in [4.78, 5) is 19.5. The van der Waals surface area contributed by atoms with E-state index in [0.717, 1.165) is 67.0 Å². The van der Waals surface area contributed by atoms with Crippen molar-refractivity contribution in [1.82, 2.24) is 14.7 Å². The van der Waals surface area contributed by atoms with Crippen LogP contribution < -0.4 is 10.2 Å². The minimum atomic E-state index is -4.50. The smallest absolute Gasteiger partial charge is 0.371 e. The van der Waals surface area contributed by atoms with Crippen molar-refractivity contribution in [2.75, 3.05) is 18.0 Å². The minimum absolute atomic E-state index is 0.0632. The predicted octanol–water partition coefficient (Wildman–Crippen LogP) is 7.25. The topological polar surface area (TPSA) is 49.6 Å². The Labute approximate surface area is 232 Å². The van der Waals surface area contributed by atoms with Crippen LogP contribution in [0, 0.1) is 0 Å². The maximum absolute atomic E-state index is 13.1. The zero-order chi connectivity index (χ0) is 29.4. The molecule has 1 aliphatic heterocycles. The second-order valence-electron chi connectivity index (χ2n) is 10.1. The van der Waals surface area contributed by atoms with E-state index in [1.165, 1.54) is 10.6 Å². The van der Waals surface area contributed by atoms with E-state index in [1.807, 2.05) is 24.3 Å². The first-order valence-corrected chi connectivity index (χ1v) is 13.3. The van der Waals surface area contributed by atoms with Gasteiger partial charge in [-0.2, -0.15) is 26.3 Å². The van der Waals surface area contributed by atoms with Crippen molar-refractivity contribution >= 4 is 17.2 Å². The van der Waals surface area contributed by atoms with Gasteiger partial charge in [-0.15, -0.1) is 0 Å². The van der Waals surface area contributed by atoms with Crippen LogP contribution in [0.25, 0.3) is 5.65 Å². The third-order valence-electron chi connectivity index (χ3n) is 7.53. The van der Waals surface area contributed by atoms with Gasteiger partial charge in [-0.3, -0.25) is 9.20 Å². The molecule has 1 fully saturated rings. The molecule has 3 heterocycles. The average molecular weight is 575 g/mol. The van der Waals surface area contributed by atoms with Gasteiger partial charge in [0.2, 0.25) is 0 Å². The monoisotopic (exact) mass is 574 g/mol. The summed E-state index contributed by atoms with van der Waals surface area (Å²) in [6.07, 6.45) is -5.59. The number of fused-ring (bicyclic) bond motifs is 1. The molecule has 2 aromatic heterocycles. The van der Waals surface area contributed by atoms with Gasteiger partial charge in [0.15, 0.2) is 0 Å². The number of halogens is 6. The maximum atomic E-state index is 13.1. The number of rotatable bonds is 6. The number of imidazole rings is 1. The first-order chi connectivity index (χ1) is 19.4. The highest BCUT2D eigenvalue weighted by molar-refractivity contribution is 5.94. The predicted molar refractivity (Wildman–Crippen MR) is 143 cm³/mol. The minimum Gasteiger partial charge on any atom is -0.371 e. The summed E-state index contributed by atoms with van der Waals surface area (Å²) in [5.74, 6) is -0.223. The summed E-state index contributed by atoms with van der Waals surface area (Å²) in [7, 11) is 0. The molecule has 0 aliphatic carbocycles. The van der Waals surface area contributed by atoms with Gasteiger partial charge in [0.1, 0.15) is 11.3 Å². The van der Waals surface area contributed by atoms with Crippen LogP contribution in [0.15, 0.2) is 66.9 Å². The number of carbonyl (C=O) groups is 1. The fourth-order valence-electron chi connectivity index (χ4n) is 5.26. The number of nitrogens with one attached hydrogen (secondary N) is 1. The van der Waals surface area contributed by atoms with Gasteiger partial charge >= 0.3 is 12.4 Å². The molecule has 0 radical (unpaired) electrons. The van der Waals surface area contributed by atoms with Crippen molar-refractivity contribution in [2.45, 2.75) is 51.0 Å². The number of hydrogen-bond acceptors (Lipinski definition) is 3. The number of piperidine rings is 1. The number of hydrogen-bond donors (Lipinski definition) is 1. The van der Waals surface area contributed by atoms with Gasteiger partial charge in [0.05, 0.1) is 16.8 Å². The lowest BCUT2D eigenvalue weighted by atomic mass is 9.88. The number of aryl methyl sites for hydroxylation is 1. The largest absolute Gasteiger partial charge is 0.416 e. The van der Waals surface area contributed by atoms with Crippen LogP contribution in [0.1, 0.15) is 64.1 Å². The van der Waals surface area contributed by atoms with E-state index in [1.54, 1.807) is 19.1 Å². The molecule has 0 saturated carbocycles. The van der Waals surface area contributed by atoms with Crippen molar-refractivity contribution in [2.24, 2.45) is 0 Å². The van der Waals surface area contributed by atoms with Gasteiger partial charge < -0.3 is 10.2 Å². The first kappa shape index (κ1) is 28.5. The fourth-order valence-corrected chi connectivity index (χ4v) is 5.26. The average Bonchev–Trinajstić information content (AvgIpc) is 3.34. The number of alkyl halides is 6. The van der Waals surface area contributed by atoms with E-state index in [4.69, 9.17) is 0 Å². The molecule has 0 unspecified atom stereocenters. The second-order valence-corrected chi connectivity index (χ2v) is 10.1. The molecule has 0 bridgehead atoms. The van der Waals surface area contributed by atoms with Crippen molar-refractivity contribution in [3.63, 3.8) is 0 Å². The van der Waals surface area contributed by atoms with Crippen LogP contribution in [-0.2, 0) is 25.3 Å². The Balaban J connectivity index is 1.18. The quantitative estimate of drug-likeness (QED) is 0.247. The van der Waals surface area contributed by atoms with Gasteiger partial charge in [0, 0.05) is 31.5 Å². The summed E-state index contributed by atoms with van der Waals surface area (Å²) in [6.45, 7) is 3.55. The maximum Gasteiger partial charge on any atom is 0.416 e. The molecule has 1 N–H and O–H groups in total. The summed E-state index contributed by atoms with van der Waals surface area (Å²) in [5.41, 5.74) is 2.01. The molecule has 0 spiro atoms. The number of carbonyl (C=O) groups excluding carboxylic acids is 1. The molecule has 2 aromatic carbocycles. The molecule has 4 aromatic rings. The second kappa shape index (κ2) is 11.1. The molecule has 1 aliphatic rings. The van der Waals surface area contributed by atoms with Crippen LogP contribution in [-0.4, -0.2) is 28.4 Å². The molecule has 41 heavy (non-hydrogen) atoms. The van der Waals surface area contributed by atoms with Gasteiger partial charge in [0.25, 0.3) is 5.91 Å². The zero-order valence-electron chi connectivity index (χ0n) is 22.2. The number of benzene rings is 2. The molecular weight excluding hydrogens is 546 g/mol. The normalized spacial score (nSPS) is 15.0. The molecular formula is C30H28F6N4O. The van der Waals surface area contributed by atoms with E-state index < -0.39 is 29.4 Å². The summed E-state index contributed by atoms with van der Waals surface area (Å²) in [5, 5.41) is 2.84. The first-order valence-electron chi connectivity index (χ1n) is 13.3. The Bertz CT molecular complexity index is 1520. The molecule has 11 heteroatoms. The Hall–Kier alpha value is -4.02. The van der Waals surface area contributed by atoms with E-state index in [2.05, 4.69) is 15.2 Å². The summed E-state index contributed by atoms with van der Waals surface area (Å²) < 4.78 is 79.2. The van der Waals surface area contributed by atoms with Crippen molar-refractivity contribution in [1.29, 1.82) is 0 Å². The van der Waals surface area contributed by atoms with Crippen LogP contribution in [0.5, 0.6) is 0 Å². The Morgan fingerprint density at radius 2 is 1.54 bits per heavy atom. The lowest BCUT2D eigenvalue weighted by molar-refractivity contribution is -0.138. The molecule has 1 saturated heterocycles. The number of nitrogens with zero attached hydrogens (tertiary/aromatic N) is 3. The molecule has 216 valence electrons. The summed E-state index contributed by atoms with van der Waals surface area (Å²) in [6, 6.07) is 15.0. The van der Waals surface area contributed by atoms with Crippen LogP contribution in [0.3, 0.4) is 0 Å². The number of anilines is 1. The lowest BCUT2D eigenvalue weighted by Gasteiger charge is -2.34. The molecule has 0 atom stereocenters. The zero-order valence-corrected chi connectivity index (χ0v) is 22.2. The van der Waals surface area contributed by atoms with Gasteiger partial charge in [-0.1, -0.05) is 31.2 Å². The third-order valence-corrected chi connectivity index (χ3v) is 7.53. The van der Waals surface area contributed by atoms with E-state index in [9.17, 15) is 31.1 Å². The van der Waals surface area contributed by atoms with E-state index in [-0.39, 0.29) is 23.8 Å². The lowest BCUT2D eigenvalue weighted by Crippen LogP contribution is -2.32. The molecule has 5 nitrogen and oxygen atoms in total. The van der Waals surface area contributed by atoms with E-state index in [0.29, 0.717) is 12.1 Å². The number of pyridine rings is 1. The van der Waals surface area contributed by atoms with Crippen molar-refractivity contribution in [3.05, 3.63) is 101 Å². The highest BCUT2D eigenvalue weighted by atomic mass is 19.4. The van der Waals surface area contributed by atoms with Crippen LogP contribution in [0.4, 0.5) is 32.0 Å². The Morgan fingerprint density at radius 1 is 0.902 bits per heavy atom. The van der Waals surface area contributed by atoms with Crippen LogP contribution >= 0.6 is 0 Å². The van der Waals surface area contributed by atoms with Crippen molar-refractivity contribution in [3.8, 4) is 0 Å². The molecule has 1 amide bonds. The standard InChI is InChI=1S/C30H28F6N4O/c1-2-25-27(40-16-13-23(30(34,35)36)17-26(40)38-25)28(41)37-18-19-3-9-24(10-4-19)39-14-11-21(12-15-39)20-5-7-22(8-6-20)29(31,32)33/h3-10,13,16-17,21H,2,11-12,14-15,18H2,1H3,(H,37,41). The highest BCUT2D eigenvalue weighted by Crippen LogP contribution is 2.34.